The highest BCUT2D eigenvalue weighted by atomic mass is 32.2. The predicted molar refractivity (Wildman–Crippen MR) is 68.6 cm³/mol. The normalized spacial score (nSPS) is 12.4. The van der Waals surface area contributed by atoms with E-state index in [-0.39, 0.29) is 10.6 Å². The van der Waals surface area contributed by atoms with Gasteiger partial charge in [-0.05, 0) is 24.3 Å². The maximum absolute atomic E-state index is 12.6. The van der Waals surface area contributed by atoms with Crippen molar-refractivity contribution in [3.05, 3.63) is 41.7 Å². The second-order valence-corrected chi connectivity index (χ2v) is 6.41. The number of halogens is 3. The van der Waals surface area contributed by atoms with Crippen LogP contribution in [0.3, 0.4) is 0 Å². The Balaban J connectivity index is 2.57. The van der Waals surface area contributed by atoms with Gasteiger partial charge in [0.15, 0.2) is 21.2 Å². The topological polar surface area (TPSA) is 89.3 Å². The highest BCUT2D eigenvalue weighted by molar-refractivity contribution is 7.90. The third kappa shape index (κ3) is 3.11. The number of aromatic nitrogens is 2. The molecule has 0 saturated heterocycles. The molecular weight excluding hydrogens is 325 g/mol. The highest BCUT2D eigenvalue weighted by Gasteiger charge is 2.36. The summed E-state index contributed by atoms with van der Waals surface area (Å²) in [6.07, 6.45) is -3.82. The Bertz CT molecular complexity index is 823. The number of carbonyl (C=O) groups is 1. The molecule has 10 heteroatoms. The molecule has 0 spiro atoms. The van der Waals surface area contributed by atoms with Crippen LogP contribution in [-0.2, 0) is 16.0 Å². The summed E-state index contributed by atoms with van der Waals surface area (Å²) in [5, 5.41) is 12.2. The lowest BCUT2D eigenvalue weighted by Crippen LogP contribution is -2.09. The van der Waals surface area contributed by atoms with Gasteiger partial charge in [-0.15, -0.1) is 0 Å². The van der Waals surface area contributed by atoms with E-state index in [1.165, 1.54) is 12.1 Å². The molecule has 0 aliphatic heterocycles. The molecule has 6 nitrogen and oxygen atoms in total. The van der Waals surface area contributed by atoms with Gasteiger partial charge in [0.25, 0.3) is 0 Å². The van der Waals surface area contributed by atoms with Crippen molar-refractivity contribution in [1.82, 2.24) is 9.78 Å². The molecule has 22 heavy (non-hydrogen) atoms. The smallest absolute Gasteiger partial charge is 0.435 e. The van der Waals surface area contributed by atoms with Crippen molar-refractivity contribution in [3.63, 3.8) is 0 Å². The monoisotopic (exact) mass is 334 g/mol. The van der Waals surface area contributed by atoms with Crippen LogP contribution in [0, 0.1) is 0 Å². The molecule has 0 atom stereocenters. The number of aromatic carboxylic acids is 1. The van der Waals surface area contributed by atoms with Gasteiger partial charge in [0.2, 0.25) is 0 Å². The van der Waals surface area contributed by atoms with E-state index in [2.05, 4.69) is 5.10 Å². The predicted octanol–water partition coefficient (Wildman–Crippen LogP) is 1.99. The van der Waals surface area contributed by atoms with E-state index in [0.717, 1.165) is 18.4 Å². The first-order chi connectivity index (χ1) is 10.00. The molecule has 1 aromatic heterocycles. The molecule has 0 aliphatic rings. The molecule has 1 heterocycles. The van der Waals surface area contributed by atoms with Gasteiger partial charge in [-0.1, -0.05) is 0 Å². The lowest BCUT2D eigenvalue weighted by atomic mass is 10.3. The van der Waals surface area contributed by atoms with Crippen molar-refractivity contribution < 1.29 is 31.5 Å². The number of sulfone groups is 1. The van der Waals surface area contributed by atoms with Crippen LogP contribution in [0.4, 0.5) is 13.2 Å². The molecule has 0 amide bonds. The number of carboxylic acids is 1. The Labute approximate surface area is 122 Å². The molecule has 0 saturated carbocycles. The fourth-order valence-electron chi connectivity index (χ4n) is 1.70. The first-order valence-electron chi connectivity index (χ1n) is 5.71. The molecule has 0 bridgehead atoms. The summed E-state index contributed by atoms with van der Waals surface area (Å²) < 4.78 is 61.1. The molecule has 0 aliphatic carbocycles. The van der Waals surface area contributed by atoms with E-state index in [4.69, 9.17) is 5.11 Å². The third-order valence-corrected chi connectivity index (χ3v) is 3.86. The van der Waals surface area contributed by atoms with Gasteiger partial charge in [-0.2, -0.15) is 18.3 Å². The van der Waals surface area contributed by atoms with E-state index in [1.807, 2.05) is 0 Å². The van der Waals surface area contributed by atoms with Gasteiger partial charge >= 0.3 is 12.1 Å². The van der Waals surface area contributed by atoms with Crippen LogP contribution in [0.25, 0.3) is 5.69 Å². The number of benzene rings is 1. The highest BCUT2D eigenvalue weighted by Crippen LogP contribution is 2.29. The summed E-state index contributed by atoms with van der Waals surface area (Å²) in [7, 11) is -3.47. The molecule has 1 aromatic carbocycles. The molecule has 2 aromatic rings. The van der Waals surface area contributed by atoms with Gasteiger partial charge in [0.05, 0.1) is 10.6 Å². The van der Waals surface area contributed by atoms with Crippen LogP contribution in [0.1, 0.15) is 16.2 Å². The zero-order chi connectivity index (χ0) is 16.7. The maximum Gasteiger partial charge on any atom is 0.435 e. The van der Waals surface area contributed by atoms with E-state index in [1.54, 1.807) is 0 Å². The minimum Gasteiger partial charge on any atom is -0.477 e. The average molecular weight is 334 g/mol. The minimum atomic E-state index is -4.79. The fourth-order valence-corrected chi connectivity index (χ4v) is 2.33. The van der Waals surface area contributed by atoms with E-state index >= 15 is 0 Å². The van der Waals surface area contributed by atoms with Crippen molar-refractivity contribution in [2.75, 3.05) is 6.26 Å². The van der Waals surface area contributed by atoms with Crippen molar-refractivity contribution in [2.45, 2.75) is 11.1 Å². The molecule has 2 rings (SSSR count). The summed E-state index contributed by atoms with van der Waals surface area (Å²) >= 11 is 0. The Morgan fingerprint density at radius 1 is 1.23 bits per heavy atom. The van der Waals surface area contributed by atoms with Gasteiger partial charge in [-0.25, -0.2) is 17.9 Å². The van der Waals surface area contributed by atoms with Crippen molar-refractivity contribution in [2.24, 2.45) is 0 Å². The summed E-state index contributed by atoms with van der Waals surface area (Å²) in [5.74, 6) is -1.59. The molecule has 0 radical (unpaired) electrons. The lowest BCUT2D eigenvalue weighted by molar-refractivity contribution is -0.141. The zero-order valence-electron chi connectivity index (χ0n) is 11.0. The number of carboxylic acid groups (broad SMARTS) is 1. The van der Waals surface area contributed by atoms with Crippen LogP contribution >= 0.6 is 0 Å². The number of hydrogen-bond donors (Lipinski definition) is 1. The minimum absolute atomic E-state index is 0.000278. The van der Waals surface area contributed by atoms with E-state index in [0.29, 0.717) is 10.7 Å². The first kappa shape index (κ1) is 16.0. The lowest BCUT2D eigenvalue weighted by Gasteiger charge is -2.06. The van der Waals surface area contributed by atoms with Crippen LogP contribution in [-0.4, -0.2) is 35.5 Å². The molecule has 0 unspecified atom stereocenters. The Hall–Kier alpha value is -2.36. The van der Waals surface area contributed by atoms with Gasteiger partial charge in [-0.3, -0.25) is 0 Å². The summed E-state index contributed by atoms with van der Waals surface area (Å²) in [6.45, 7) is 0. The Morgan fingerprint density at radius 3 is 2.18 bits per heavy atom. The molecular formula is C12H9F3N2O4S. The number of alkyl halides is 3. The van der Waals surface area contributed by atoms with Crippen LogP contribution in [0.5, 0.6) is 0 Å². The SMILES string of the molecule is CS(=O)(=O)c1ccc(-n2nc(C(F)(F)F)cc2C(=O)O)cc1. The van der Waals surface area contributed by atoms with E-state index in [9.17, 15) is 26.4 Å². The standard InChI is InChI=1S/C12H9F3N2O4S/c1-22(20,21)8-4-2-7(3-5-8)17-9(11(18)19)6-10(16-17)12(13,14)15/h2-6H,1H3,(H,18,19). The zero-order valence-corrected chi connectivity index (χ0v) is 11.8. The molecule has 1 N–H and O–H groups in total. The van der Waals surface area contributed by atoms with E-state index < -0.39 is 33.4 Å². The second-order valence-electron chi connectivity index (χ2n) is 4.40. The largest absolute Gasteiger partial charge is 0.477 e. The molecule has 118 valence electrons. The number of hydrogen-bond acceptors (Lipinski definition) is 4. The average Bonchev–Trinajstić information content (AvgIpc) is 2.82. The summed E-state index contributed by atoms with van der Waals surface area (Å²) in [6, 6.07) is 5.08. The van der Waals surface area contributed by atoms with Crippen LogP contribution in [0.2, 0.25) is 0 Å². The maximum atomic E-state index is 12.6. The summed E-state index contributed by atoms with van der Waals surface area (Å²) in [5.41, 5.74) is -2.03. The quantitative estimate of drug-likeness (QED) is 0.927. The van der Waals surface area contributed by atoms with Crippen molar-refractivity contribution in [1.29, 1.82) is 0 Å². The van der Waals surface area contributed by atoms with Crippen molar-refractivity contribution >= 4 is 15.8 Å². The molecule has 0 fully saturated rings. The number of rotatable bonds is 3. The second kappa shape index (κ2) is 5.13. The third-order valence-electron chi connectivity index (χ3n) is 2.73. The summed E-state index contributed by atoms with van der Waals surface area (Å²) in [4.78, 5) is 11.0. The Kier molecular flexibility index (Phi) is 3.73. The van der Waals surface area contributed by atoms with Gasteiger partial charge in [0, 0.05) is 12.3 Å². The Morgan fingerprint density at radius 2 is 1.77 bits per heavy atom. The van der Waals surface area contributed by atoms with Gasteiger partial charge < -0.3 is 5.11 Å². The van der Waals surface area contributed by atoms with Gasteiger partial charge in [0.1, 0.15) is 0 Å². The van der Waals surface area contributed by atoms with Crippen LogP contribution < -0.4 is 0 Å². The van der Waals surface area contributed by atoms with Crippen LogP contribution in [0.15, 0.2) is 35.2 Å². The first-order valence-corrected chi connectivity index (χ1v) is 7.60. The van der Waals surface area contributed by atoms with Crippen molar-refractivity contribution in [3.8, 4) is 5.69 Å². The number of nitrogens with zero attached hydrogens (tertiary/aromatic N) is 2. The fraction of sp³-hybridized carbons (Fsp3) is 0.167.